The van der Waals surface area contributed by atoms with Crippen molar-refractivity contribution in [2.75, 3.05) is 19.1 Å². The van der Waals surface area contributed by atoms with E-state index in [9.17, 15) is 0 Å². The molecule has 3 heteroatoms. The molecular weight excluding hydrogens is 320 g/mol. The first kappa shape index (κ1) is 18.2. The normalized spacial score (nSPS) is 15.8. The zero-order valence-electron chi connectivity index (χ0n) is 16.6. The molecule has 0 aromatic heterocycles. The van der Waals surface area contributed by atoms with Crippen molar-refractivity contribution < 1.29 is 4.74 Å². The van der Waals surface area contributed by atoms with E-state index in [1.165, 1.54) is 22.4 Å². The molecule has 2 aromatic rings. The van der Waals surface area contributed by atoms with E-state index in [-0.39, 0.29) is 5.54 Å². The van der Waals surface area contributed by atoms with Crippen molar-refractivity contribution >= 4 is 23.2 Å². The van der Waals surface area contributed by atoms with Crippen LogP contribution in [0.3, 0.4) is 0 Å². The number of hydrogen-bond acceptors (Lipinski definition) is 3. The van der Waals surface area contributed by atoms with Crippen LogP contribution in [0.4, 0.5) is 11.4 Å². The fraction of sp³-hybridized carbons (Fsp3) is 0.348. The molecule has 0 saturated carbocycles. The van der Waals surface area contributed by atoms with Gasteiger partial charge in [0.1, 0.15) is 5.75 Å². The zero-order valence-corrected chi connectivity index (χ0v) is 16.6. The van der Waals surface area contributed by atoms with Crippen LogP contribution in [0.1, 0.15) is 44.4 Å². The maximum atomic E-state index is 5.65. The fourth-order valence-corrected chi connectivity index (χ4v) is 3.43. The van der Waals surface area contributed by atoms with Gasteiger partial charge in [0.2, 0.25) is 0 Å². The van der Waals surface area contributed by atoms with Gasteiger partial charge >= 0.3 is 0 Å². The predicted octanol–water partition coefficient (Wildman–Crippen LogP) is 5.64. The second kappa shape index (κ2) is 6.99. The Morgan fingerprint density at radius 2 is 1.85 bits per heavy atom. The summed E-state index contributed by atoms with van der Waals surface area (Å²) in [5, 5.41) is 0. The summed E-state index contributed by atoms with van der Waals surface area (Å²) in [6.07, 6.45) is 5.25. The molecule has 1 heterocycles. The second-order valence-corrected chi connectivity index (χ2v) is 7.43. The van der Waals surface area contributed by atoms with Crippen LogP contribution in [0, 0.1) is 0 Å². The van der Waals surface area contributed by atoms with E-state index in [1.807, 2.05) is 6.21 Å². The van der Waals surface area contributed by atoms with E-state index >= 15 is 0 Å². The molecule has 0 aliphatic carbocycles. The van der Waals surface area contributed by atoms with Crippen molar-refractivity contribution in [3.05, 3.63) is 59.2 Å². The molecule has 2 aromatic carbocycles. The number of anilines is 1. The Hall–Kier alpha value is -2.55. The van der Waals surface area contributed by atoms with Gasteiger partial charge in [0.05, 0.1) is 18.3 Å². The first-order valence-electron chi connectivity index (χ1n) is 9.14. The summed E-state index contributed by atoms with van der Waals surface area (Å²) in [7, 11) is 3.84. The number of allylic oxidation sites excluding steroid dienone is 1. The molecule has 0 saturated heterocycles. The van der Waals surface area contributed by atoms with Crippen molar-refractivity contribution in [1.82, 2.24) is 0 Å². The van der Waals surface area contributed by atoms with E-state index < -0.39 is 0 Å². The lowest BCUT2D eigenvalue weighted by atomic mass is 9.88. The summed E-state index contributed by atoms with van der Waals surface area (Å²) in [6.45, 7) is 8.78. The molecule has 0 unspecified atom stereocenters. The van der Waals surface area contributed by atoms with Crippen molar-refractivity contribution in [2.45, 2.75) is 39.7 Å². The summed E-state index contributed by atoms with van der Waals surface area (Å²) in [5.74, 6) is 0.843. The Bertz CT molecular complexity index is 861. The van der Waals surface area contributed by atoms with Crippen molar-refractivity contribution in [3.8, 4) is 5.75 Å². The van der Waals surface area contributed by atoms with Gasteiger partial charge in [-0.25, -0.2) is 0 Å². The van der Waals surface area contributed by atoms with Gasteiger partial charge in [-0.05, 0) is 56.5 Å². The van der Waals surface area contributed by atoms with E-state index in [2.05, 4.69) is 87.1 Å². The number of nitrogens with zero attached hydrogens (tertiary/aromatic N) is 2. The third-order valence-corrected chi connectivity index (χ3v) is 5.27. The average molecular weight is 348 g/mol. The van der Waals surface area contributed by atoms with E-state index in [1.54, 1.807) is 7.11 Å². The molecule has 1 aliphatic heterocycles. The van der Waals surface area contributed by atoms with Gasteiger partial charge < -0.3 is 9.64 Å². The molecule has 26 heavy (non-hydrogen) atoms. The Morgan fingerprint density at radius 3 is 2.46 bits per heavy atom. The van der Waals surface area contributed by atoms with Crippen LogP contribution in [0.25, 0.3) is 5.57 Å². The lowest BCUT2D eigenvalue weighted by molar-refractivity contribution is 0.414. The number of likely N-dealkylation sites (N-methyl/N-ethyl adjacent to an activating group) is 1. The highest BCUT2D eigenvalue weighted by Gasteiger charge is 2.29. The number of rotatable bonds is 4. The monoisotopic (exact) mass is 348 g/mol. The number of ether oxygens (including phenoxy) is 1. The van der Waals surface area contributed by atoms with Crippen LogP contribution in [-0.2, 0) is 6.42 Å². The van der Waals surface area contributed by atoms with E-state index in [0.29, 0.717) is 0 Å². The number of aryl methyl sites for hydroxylation is 1. The molecule has 0 N–H and O–H groups in total. The number of methoxy groups -OCH3 is 1. The molecule has 0 fully saturated rings. The van der Waals surface area contributed by atoms with Gasteiger partial charge in [0.15, 0.2) is 0 Å². The van der Waals surface area contributed by atoms with Gasteiger partial charge in [-0.2, -0.15) is 0 Å². The lowest BCUT2D eigenvalue weighted by Crippen LogP contribution is -2.42. The number of hydrogen-bond donors (Lipinski definition) is 0. The minimum Gasteiger partial charge on any atom is -0.496 e. The molecule has 3 rings (SSSR count). The van der Waals surface area contributed by atoms with E-state index in [0.717, 1.165) is 23.4 Å². The number of fused-ring (bicyclic) bond motifs is 1. The summed E-state index contributed by atoms with van der Waals surface area (Å²) < 4.78 is 5.65. The standard InChI is InChI=1S/C23H28N2O/c1-7-17-8-10-19(11-9-17)24-15-18-12-20-16(2)14-23(3,4)25(5)21(20)13-22(18)26-6/h8-15H,7H2,1-6H3. The maximum Gasteiger partial charge on any atom is 0.129 e. The van der Waals surface area contributed by atoms with Gasteiger partial charge in [0.25, 0.3) is 0 Å². The molecular formula is C23H28N2O. The maximum absolute atomic E-state index is 5.65. The largest absolute Gasteiger partial charge is 0.496 e. The highest BCUT2D eigenvalue weighted by Crippen LogP contribution is 2.40. The van der Waals surface area contributed by atoms with Crippen LogP contribution in [0.15, 0.2) is 47.5 Å². The Morgan fingerprint density at radius 1 is 1.15 bits per heavy atom. The van der Waals surface area contributed by atoms with Gasteiger partial charge in [-0.3, -0.25) is 4.99 Å². The zero-order chi connectivity index (χ0) is 18.9. The van der Waals surface area contributed by atoms with Crippen molar-refractivity contribution in [1.29, 1.82) is 0 Å². The minimum absolute atomic E-state index is 0.0152. The first-order chi connectivity index (χ1) is 12.4. The van der Waals surface area contributed by atoms with Crippen LogP contribution < -0.4 is 9.64 Å². The third-order valence-electron chi connectivity index (χ3n) is 5.27. The Balaban J connectivity index is 2.00. The van der Waals surface area contributed by atoms with Gasteiger partial charge in [-0.1, -0.05) is 25.1 Å². The topological polar surface area (TPSA) is 24.8 Å². The summed E-state index contributed by atoms with van der Waals surface area (Å²) in [5.41, 5.74) is 6.96. The van der Waals surface area contributed by atoms with Crippen LogP contribution in [0.2, 0.25) is 0 Å². The Labute approximate surface area is 157 Å². The molecule has 3 nitrogen and oxygen atoms in total. The van der Waals surface area contributed by atoms with E-state index in [4.69, 9.17) is 4.74 Å². The van der Waals surface area contributed by atoms with Crippen LogP contribution in [0.5, 0.6) is 5.75 Å². The molecule has 0 atom stereocenters. The summed E-state index contributed by atoms with van der Waals surface area (Å²) >= 11 is 0. The first-order valence-corrected chi connectivity index (χ1v) is 9.14. The smallest absolute Gasteiger partial charge is 0.129 e. The highest BCUT2D eigenvalue weighted by molar-refractivity contribution is 5.91. The third kappa shape index (κ3) is 3.39. The average Bonchev–Trinajstić information content (AvgIpc) is 2.64. The number of aliphatic imine (C=N–C) groups is 1. The predicted molar refractivity (Wildman–Crippen MR) is 112 cm³/mol. The number of benzene rings is 2. The lowest BCUT2D eigenvalue weighted by Gasteiger charge is -2.40. The van der Waals surface area contributed by atoms with Gasteiger partial charge in [-0.15, -0.1) is 0 Å². The summed E-state index contributed by atoms with van der Waals surface area (Å²) in [4.78, 5) is 6.94. The molecule has 0 bridgehead atoms. The molecule has 136 valence electrons. The minimum atomic E-state index is -0.0152. The van der Waals surface area contributed by atoms with Crippen molar-refractivity contribution in [3.63, 3.8) is 0 Å². The molecule has 1 aliphatic rings. The van der Waals surface area contributed by atoms with Crippen molar-refractivity contribution in [2.24, 2.45) is 4.99 Å². The summed E-state index contributed by atoms with van der Waals surface area (Å²) in [6, 6.07) is 12.7. The van der Waals surface area contributed by atoms with Crippen LogP contribution in [-0.4, -0.2) is 25.9 Å². The molecule has 0 spiro atoms. The fourth-order valence-electron chi connectivity index (χ4n) is 3.43. The van der Waals surface area contributed by atoms with Crippen LogP contribution >= 0.6 is 0 Å². The Kier molecular flexibility index (Phi) is 4.90. The molecule has 0 radical (unpaired) electrons. The second-order valence-electron chi connectivity index (χ2n) is 7.43. The SMILES string of the molecule is CCc1ccc(N=Cc2cc3c(cc2OC)N(C)C(C)(C)C=C3C)cc1. The quantitative estimate of drug-likeness (QED) is 0.668. The van der Waals surface area contributed by atoms with Gasteiger partial charge in [0, 0.05) is 36.1 Å². The molecule has 0 amide bonds. The highest BCUT2D eigenvalue weighted by atomic mass is 16.5.